The third kappa shape index (κ3) is 1.21. The van der Waals surface area contributed by atoms with E-state index in [4.69, 9.17) is 5.90 Å². The minimum Gasteiger partial charge on any atom is -0.412 e. The lowest BCUT2D eigenvalue weighted by Gasteiger charge is -2.01. The first kappa shape index (κ1) is 7.37. The van der Waals surface area contributed by atoms with Gasteiger partial charge in [0.1, 0.15) is 5.75 Å². The highest BCUT2D eigenvalue weighted by Crippen LogP contribution is 2.02. The van der Waals surface area contributed by atoms with E-state index in [1.807, 2.05) is 18.2 Å². The predicted octanol–water partition coefficient (Wildman–Crippen LogP) is 0.294. The van der Waals surface area contributed by atoms with Crippen LogP contribution in [-0.2, 0) is 0 Å². The number of rotatable bonds is 1. The molecule has 0 aromatic heterocycles. The first-order chi connectivity index (χ1) is 5.90. The van der Waals surface area contributed by atoms with Crippen molar-refractivity contribution in [3.05, 3.63) is 28.6 Å². The molecule has 2 nitrogen and oxygen atoms in total. The lowest BCUT2D eigenvalue weighted by molar-refractivity contribution is 0.334. The van der Waals surface area contributed by atoms with Crippen molar-refractivity contribution in [1.82, 2.24) is 0 Å². The van der Waals surface area contributed by atoms with Crippen LogP contribution in [0.25, 0.3) is 12.2 Å². The van der Waals surface area contributed by atoms with Crippen LogP contribution in [0.3, 0.4) is 0 Å². The summed E-state index contributed by atoms with van der Waals surface area (Å²) in [7, 11) is 0. The summed E-state index contributed by atoms with van der Waals surface area (Å²) in [5.74, 6) is 5.78. The predicted molar refractivity (Wildman–Crippen MR) is 48.7 cm³/mol. The molecular formula is C10H11NO. The molecule has 1 aliphatic rings. The van der Waals surface area contributed by atoms with Gasteiger partial charge in [0.05, 0.1) is 0 Å². The molecule has 1 aromatic rings. The highest BCUT2D eigenvalue weighted by molar-refractivity contribution is 5.40. The van der Waals surface area contributed by atoms with Crippen LogP contribution < -0.4 is 21.2 Å². The minimum absolute atomic E-state index is 0.723. The Morgan fingerprint density at radius 2 is 1.83 bits per heavy atom. The molecule has 0 atom stereocenters. The molecule has 0 radical (unpaired) electrons. The fraction of sp³-hybridized carbons (Fsp3) is 0.200. The van der Waals surface area contributed by atoms with Crippen molar-refractivity contribution in [2.24, 2.45) is 5.90 Å². The normalized spacial score (nSPS) is 14.1. The summed E-state index contributed by atoms with van der Waals surface area (Å²) >= 11 is 0. The molecule has 0 aliphatic heterocycles. The molecule has 62 valence electrons. The first-order valence-corrected chi connectivity index (χ1v) is 4.07. The maximum Gasteiger partial charge on any atom is 0.147 e. The fourth-order valence-corrected chi connectivity index (χ4v) is 1.47. The Balaban J connectivity index is 2.65. The molecule has 0 saturated heterocycles. The summed E-state index contributed by atoms with van der Waals surface area (Å²) in [6.45, 7) is 0. The zero-order valence-corrected chi connectivity index (χ0v) is 6.79. The van der Waals surface area contributed by atoms with Crippen LogP contribution in [0, 0.1) is 0 Å². The van der Waals surface area contributed by atoms with Gasteiger partial charge in [-0.2, -0.15) is 5.90 Å². The van der Waals surface area contributed by atoms with E-state index in [0.717, 1.165) is 18.6 Å². The van der Waals surface area contributed by atoms with Gasteiger partial charge in [0.15, 0.2) is 0 Å². The van der Waals surface area contributed by atoms with Crippen LogP contribution in [0.15, 0.2) is 18.2 Å². The second-order valence-electron chi connectivity index (χ2n) is 2.89. The molecule has 0 bridgehead atoms. The Kier molecular flexibility index (Phi) is 1.84. The lowest BCUT2D eigenvalue weighted by atomic mass is 10.1. The minimum atomic E-state index is 0.723. The van der Waals surface area contributed by atoms with E-state index < -0.39 is 0 Å². The molecule has 0 unspecified atom stereocenters. The average molecular weight is 161 g/mol. The van der Waals surface area contributed by atoms with Gasteiger partial charge in [-0.3, -0.25) is 0 Å². The largest absolute Gasteiger partial charge is 0.412 e. The van der Waals surface area contributed by atoms with Crippen molar-refractivity contribution in [2.45, 2.75) is 12.8 Å². The molecule has 0 spiro atoms. The number of hydrogen-bond donors (Lipinski definition) is 1. The second kappa shape index (κ2) is 2.99. The summed E-state index contributed by atoms with van der Waals surface area (Å²) in [6.07, 6.45) is 6.68. The van der Waals surface area contributed by atoms with Crippen molar-refractivity contribution >= 4 is 12.2 Å². The summed E-state index contributed by atoms with van der Waals surface area (Å²) in [4.78, 5) is 4.65. The lowest BCUT2D eigenvalue weighted by Crippen LogP contribution is -2.26. The maximum absolute atomic E-state index is 5.06. The van der Waals surface area contributed by atoms with Crippen LogP contribution in [0.1, 0.15) is 12.8 Å². The summed E-state index contributed by atoms with van der Waals surface area (Å²) < 4.78 is 0. The van der Waals surface area contributed by atoms with Gasteiger partial charge in [0.2, 0.25) is 0 Å². The topological polar surface area (TPSA) is 35.2 Å². The van der Waals surface area contributed by atoms with E-state index in [1.54, 1.807) is 0 Å². The Morgan fingerprint density at radius 3 is 2.58 bits per heavy atom. The van der Waals surface area contributed by atoms with Gasteiger partial charge in [-0.25, -0.2) is 0 Å². The second-order valence-corrected chi connectivity index (χ2v) is 2.89. The quantitative estimate of drug-likeness (QED) is 0.601. The number of benzene rings is 1. The molecule has 1 aliphatic carbocycles. The Hall–Kier alpha value is -1.28. The van der Waals surface area contributed by atoms with E-state index in [9.17, 15) is 0 Å². The van der Waals surface area contributed by atoms with Crippen LogP contribution in [-0.4, -0.2) is 0 Å². The molecule has 2 rings (SSSR count). The molecule has 12 heavy (non-hydrogen) atoms. The van der Waals surface area contributed by atoms with Gasteiger partial charge in [-0.05, 0) is 35.4 Å². The fourth-order valence-electron chi connectivity index (χ4n) is 1.47. The molecule has 0 saturated carbocycles. The van der Waals surface area contributed by atoms with E-state index >= 15 is 0 Å². The zero-order chi connectivity index (χ0) is 8.39. The van der Waals surface area contributed by atoms with Crippen LogP contribution in [0.4, 0.5) is 0 Å². The van der Waals surface area contributed by atoms with Gasteiger partial charge < -0.3 is 4.84 Å². The highest BCUT2D eigenvalue weighted by atomic mass is 16.6. The van der Waals surface area contributed by atoms with Crippen LogP contribution >= 0.6 is 0 Å². The smallest absolute Gasteiger partial charge is 0.147 e. The van der Waals surface area contributed by atoms with E-state index in [-0.39, 0.29) is 0 Å². The Labute approximate surface area is 70.9 Å². The third-order valence-electron chi connectivity index (χ3n) is 2.09. The van der Waals surface area contributed by atoms with Gasteiger partial charge in [-0.15, -0.1) is 0 Å². The van der Waals surface area contributed by atoms with Crippen molar-refractivity contribution in [1.29, 1.82) is 0 Å². The van der Waals surface area contributed by atoms with Gasteiger partial charge in [0, 0.05) is 0 Å². The highest BCUT2D eigenvalue weighted by Gasteiger charge is 1.95. The van der Waals surface area contributed by atoms with E-state index in [0.29, 0.717) is 0 Å². The van der Waals surface area contributed by atoms with Gasteiger partial charge in [0.25, 0.3) is 0 Å². The third-order valence-corrected chi connectivity index (χ3v) is 2.09. The maximum atomic E-state index is 5.06. The summed E-state index contributed by atoms with van der Waals surface area (Å²) in [6, 6.07) is 5.88. The molecule has 2 heteroatoms. The Bertz CT molecular complexity index is 395. The van der Waals surface area contributed by atoms with Crippen LogP contribution in [0.5, 0.6) is 5.75 Å². The molecule has 1 aromatic carbocycles. The molecule has 2 N–H and O–H groups in total. The standard InChI is InChI=1S/C10H11NO/c11-12-10-6-5-8-3-1-2-4-9(8)7-10/h3-7H,1-2,11H2. The summed E-state index contributed by atoms with van der Waals surface area (Å²) in [5.41, 5.74) is 0. The molecule has 0 heterocycles. The monoisotopic (exact) mass is 161 g/mol. The van der Waals surface area contributed by atoms with Crippen molar-refractivity contribution in [3.63, 3.8) is 0 Å². The Morgan fingerprint density at radius 1 is 1.08 bits per heavy atom. The number of hydrogen-bond acceptors (Lipinski definition) is 2. The summed E-state index contributed by atoms with van der Waals surface area (Å²) in [5, 5.41) is 2.51. The van der Waals surface area contributed by atoms with Crippen molar-refractivity contribution in [2.75, 3.05) is 0 Å². The van der Waals surface area contributed by atoms with E-state index in [1.165, 1.54) is 10.4 Å². The molecular weight excluding hydrogens is 150 g/mol. The number of fused-ring (bicyclic) bond motifs is 1. The first-order valence-electron chi connectivity index (χ1n) is 4.07. The van der Waals surface area contributed by atoms with Gasteiger partial charge >= 0.3 is 0 Å². The molecule has 0 amide bonds. The average Bonchev–Trinajstić information content (AvgIpc) is 2.17. The SMILES string of the molecule is NOc1ccc2c(c1)=CCCC=2. The van der Waals surface area contributed by atoms with Crippen LogP contribution in [0.2, 0.25) is 0 Å². The van der Waals surface area contributed by atoms with Crippen molar-refractivity contribution < 1.29 is 4.84 Å². The van der Waals surface area contributed by atoms with Gasteiger partial charge in [-0.1, -0.05) is 18.2 Å². The molecule has 0 fully saturated rings. The van der Waals surface area contributed by atoms with E-state index in [2.05, 4.69) is 17.0 Å². The zero-order valence-electron chi connectivity index (χ0n) is 6.79. The van der Waals surface area contributed by atoms with Crippen molar-refractivity contribution in [3.8, 4) is 5.75 Å². The number of nitrogens with two attached hydrogens (primary N) is 1.